The highest BCUT2D eigenvalue weighted by Crippen LogP contribution is 2.36. The summed E-state index contributed by atoms with van der Waals surface area (Å²) in [5.41, 5.74) is 4.55. The van der Waals surface area contributed by atoms with Gasteiger partial charge >= 0.3 is 0 Å². The van der Waals surface area contributed by atoms with Crippen LogP contribution in [0, 0.1) is 12.8 Å². The third-order valence-corrected chi connectivity index (χ3v) is 5.85. The van der Waals surface area contributed by atoms with Crippen LogP contribution in [-0.2, 0) is 11.2 Å². The minimum atomic E-state index is -0.204. The van der Waals surface area contributed by atoms with E-state index in [1.165, 1.54) is 11.3 Å². The van der Waals surface area contributed by atoms with Crippen LogP contribution in [0.3, 0.4) is 0 Å². The number of carbonyl (C=O) groups excluding carboxylic acids is 2. The summed E-state index contributed by atoms with van der Waals surface area (Å²) in [6, 6.07) is 9.45. The molecule has 0 unspecified atom stereocenters. The molecule has 0 spiro atoms. The number of anilines is 2. The summed E-state index contributed by atoms with van der Waals surface area (Å²) in [5.74, 6) is -0.0695. The monoisotopic (exact) mass is 406 g/mol. The van der Waals surface area contributed by atoms with E-state index in [0.29, 0.717) is 10.7 Å². The Hall–Kier alpha value is -3.06. The minimum Gasteiger partial charge on any atom is -0.312 e. The zero-order valence-electron chi connectivity index (χ0n) is 16.6. The summed E-state index contributed by atoms with van der Waals surface area (Å²) < 4.78 is 0. The van der Waals surface area contributed by atoms with Crippen LogP contribution in [0.1, 0.15) is 34.6 Å². The van der Waals surface area contributed by atoms with Crippen molar-refractivity contribution in [3.63, 3.8) is 0 Å². The molecule has 1 aliphatic heterocycles. The van der Waals surface area contributed by atoms with Gasteiger partial charge in [0.05, 0.1) is 5.69 Å². The molecule has 0 saturated carbocycles. The van der Waals surface area contributed by atoms with E-state index < -0.39 is 0 Å². The van der Waals surface area contributed by atoms with Crippen LogP contribution in [0.25, 0.3) is 11.3 Å². The molecule has 0 bridgehead atoms. The Morgan fingerprint density at radius 3 is 2.66 bits per heavy atom. The van der Waals surface area contributed by atoms with Gasteiger partial charge in [0.1, 0.15) is 0 Å². The number of nitrogens with one attached hydrogen (secondary N) is 1. The van der Waals surface area contributed by atoms with Gasteiger partial charge in [0.25, 0.3) is 5.91 Å². The maximum absolute atomic E-state index is 12.4. The molecule has 29 heavy (non-hydrogen) atoms. The smallest absolute Gasteiger partial charge is 0.257 e. The van der Waals surface area contributed by atoms with E-state index in [-0.39, 0.29) is 17.7 Å². The number of aromatic nitrogens is 2. The average molecular weight is 407 g/mol. The Bertz CT molecular complexity index is 1080. The lowest BCUT2D eigenvalue weighted by Crippen LogP contribution is -2.32. The van der Waals surface area contributed by atoms with Gasteiger partial charge in [-0.1, -0.05) is 19.9 Å². The number of hydrogen-bond donors (Lipinski definition) is 1. The van der Waals surface area contributed by atoms with E-state index in [0.717, 1.165) is 40.4 Å². The largest absolute Gasteiger partial charge is 0.312 e. The Balaban J connectivity index is 1.57. The molecule has 2 aromatic heterocycles. The fraction of sp³-hybridized carbons (Fsp3) is 0.273. The van der Waals surface area contributed by atoms with Gasteiger partial charge in [0, 0.05) is 46.5 Å². The molecule has 1 aliphatic rings. The zero-order valence-corrected chi connectivity index (χ0v) is 17.4. The lowest BCUT2D eigenvalue weighted by molar-refractivity contribution is -0.121. The second kappa shape index (κ2) is 7.75. The van der Waals surface area contributed by atoms with Gasteiger partial charge in [-0.05, 0) is 43.2 Å². The Labute approximate surface area is 173 Å². The quantitative estimate of drug-likeness (QED) is 0.700. The van der Waals surface area contributed by atoms with Crippen molar-refractivity contribution in [3.05, 3.63) is 58.7 Å². The number of fused-ring (bicyclic) bond motifs is 1. The van der Waals surface area contributed by atoms with Crippen molar-refractivity contribution in [1.82, 2.24) is 9.97 Å². The molecule has 1 N–H and O–H groups in total. The van der Waals surface area contributed by atoms with E-state index in [4.69, 9.17) is 0 Å². The molecule has 4 rings (SSSR count). The normalized spacial score (nSPS) is 12.9. The summed E-state index contributed by atoms with van der Waals surface area (Å²) >= 11 is 1.45. The van der Waals surface area contributed by atoms with Crippen molar-refractivity contribution in [2.75, 3.05) is 16.8 Å². The highest BCUT2D eigenvalue weighted by molar-refractivity contribution is 7.16. The summed E-state index contributed by atoms with van der Waals surface area (Å²) in [7, 11) is 0. The molecule has 0 fully saturated rings. The van der Waals surface area contributed by atoms with Crippen LogP contribution in [0.2, 0.25) is 0 Å². The van der Waals surface area contributed by atoms with Crippen LogP contribution >= 0.6 is 11.3 Å². The molecule has 148 valence electrons. The number of aryl methyl sites for hydroxylation is 1. The predicted octanol–water partition coefficient (Wildman–Crippen LogP) is 4.31. The standard InChI is InChI=1S/C22H22N4O2S/c1-13(2)21(28)26-11-8-16-12-17(4-5-18(16)26)19-14(3)29-22(24-19)25-20(27)15-6-9-23-10-7-15/h4-7,9-10,12-13H,8,11H2,1-3H3,(H,24,25,27). The Morgan fingerprint density at radius 1 is 1.17 bits per heavy atom. The van der Waals surface area contributed by atoms with Crippen LogP contribution in [0.4, 0.5) is 10.8 Å². The number of thiazole rings is 1. The first-order chi connectivity index (χ1) is 13.9. The van der Waals surface area contributed by atoms with Gasteiger partial charge in [-0.2, -0.15) is 0 Å². The minimum absolute atomic E-state index is 0.0204. The second-order valence-corrected chi connectivity index (χ2v) is 8.56. The first-order valence-electron chi connectivity index (χ1n) is 9.57. The first-order valence-corrected chi connectivity index (χ1v) is 10.4. The number of nitrogens with zero attached hydrogens (tertiary/aromatic N) is 3. The van der Waals surface area contributed by atoms with Crippen molar-refractivity contribution in [2.24, 2.45) is 5.92 Å². The van der Waals surface area contributed by atoms with E-state index >= 15 is 0 Å². The number of pyridine rings is 1. The number of amides is 2. The molecule has 3 aromatic rings. The van der Waals surface area contributed by atoms with Crippen LogP contribution in [-0.4, -0.2) is 28.3 Å². The highest BCUT2D eigenvalue weighted by atomic mass is 32.1. The van der Waals surface area contributed by atoms with E-state index in [9.17, 15) is 9.59 Å². The van der Waals surface area contributed by atoms with Crippen LogP contribution in [0.15, 0.2) is 42.7 Å². The molecule has 2 amide bonds. The van der Waals surface area contributed by atoms with Gasteiger partial charge in [-0.3, -0.25) is 19.9 Å². The van der Waals surface area contributed by atoms with Gasteiger partial charge < -0.3 is 4.90 Å². The number of benzene rings is 1. The van der Waals surface area contributed by atoms with Crippen molar-refractivity contribution in [1.29, 1.82) is 0 Å². The predicted molar refractivity (Wildman–Crippen MR) is 115 cm³/mol. The van der Waals surface area contributed by atoms with E-state index in [1.54, 1.807) is 24.5 Å². The number of hydrogen-bond acceptors (Lipinski definition) is 5. The maximum Gasteiger partial charge on any atom is 0.257 e. The third-order valence-electron chi connectivity index (χ3n) is 4.97. The topological polar surface area (TPSA) is 75.2 Å². The first kappa shape index (κ1) is 19.3. The maximum atomic E-state index is 12.4. The van der Waals surface area contributed by atoms with Gasteiger partial charge in [-0.15, -0.1) is 11.3 Å². The van der Waals surface area contributed by atoms with Crippen LogP contribution in [0.5, 0.6) is 0 Å². The van der Waals surface area contributed by atoms with Crippen molar-refractivity contribution in [3.8, 4) is 11.3 Å². The van der Waals surface area contributed by atoms with E-state index in [1.807, 2.05) is 37.8 Å². The summed E-state index contributed by atoms with van der Waals surface area (Å²) in [5, 5.41) is 3.43. The molecule has 0 saturated heterocycles. The molecule has 0 radical (unpaired) electrons. The highest BCUT2D eigenvalue weighted by Gasteiger charge is 2.27. The summed E-state index contributed by atoms with van der Waals surface area (Å²) in [6.07, 6.45) is 4.02. The second-order valence-electron chi connectivity index (χ2n) is 7.35. The fourth-order valence-electron chi connectivity index (χ4n) is 3.48. The molecule has 7 heteroatoms. The molecular weight excluding hydrogens is 384 g/mol. The summed E-state index contributed by atoms with van der Waals surface area (Å²) in [6.45, 7) is 6.57. The molecule has 0 aliphatic carbocycles. The van der Waals surface area contributed by atoms with Crippen molar-refractivity contribution < 1.29 is 9.59 Å². The third kappa shape index (κ3) is 3.78. The molecule has 6 nitrogen and oxygen atoms in total. The van der Waals surface area contributed by atoms with Crippen LogP contribution < -0.4 is 10.2 Å². The molecule has 3 heterocycles. The van der Waals surface area contributed by atoms with Gasteiger partial charge in [0.15, 0.2) is 5.13 Å². The average Bonchev–Trinajstić information content (AvgIpc) is 3.30. The van der Waals surface area contributed by atoms with Crippen molar-refractivity contribution >= 4 is 34.0 Å². The van der Waals surface area contributed by atoms with Gasteiger partial charge in [0.2, 0.25) is 5.91 Å². The molecular formula is C22H22N4O2S. The Kier molecular flexibility index (Phi) is 5.15. The number of rotatable bonds is 4. The van der Waals surface area contributed by atoms with Gasteiger partial charge in [-0.25, -0.2) is 4.98 Å². The Morgan fingerprint density at radius 2 is 1.93 bits per heavy atom. The lowest BCUT2D eigenvalue weighted by Gasteiger charge is -2.19. The zero-order chi connectivity index (χ0) is 20.5. The lowest BCUT2D eigenvalue weighted by atomic mass is 10.1. The molecule has 1 aromatic carbocycles. The summed E-state index contributed by atoms with van der Waals surface area (Å²) in [4.78, 5) is 36.3. The van der Waals surface area contributed by atoms with Crippen molar-refractivity contribution in [2.45, 2.75) is 27.2 Å². The SMILES string of the molecule is Cc1sc(NC(=O)c2ccncc2)nc1-c1ccc2c(c1)CCN2C(=O)C(C)C. The number of carbonyl (C=O) groups is 2. The fourth-order valence-corrected chi connectivity index (χ4v) is 4.31. The molecule has 0 atom stereocenters. The van der Waals surface area contributed by atoms with E-state index in [2.05, 4.69) is 21.4 Å².